The van der Waals surface area contributed by atoms with Crippen LogP contribution >= 0.6 is 0 Å². The topological polar surface area (TPSA) is 17.1 Å². The fraction of sp³-hybridized carbons (Fsp3) is 0.194. The first-order valence-electron chi connectivity index (χ1n) is 10.9. The van der Waals surface area contributed by atoms with Gasteiger partial charge in [0, 0.05) is 5.56 Å². The van der Waals surface area contributed by atoms with Crippen molar-refractivity contribution in [2.24, 2.45) is 0 Å². The van der Waals surface area contributed by atoms with Crippen LogP contribution in [0.15, 0.2) is 103 Å². The van der Waals surface area contributed by atoms with Crippen LogP contribution < -0.4 is 0 Å². The molecule has 0 aliphatic carbocycles. The van der Waals surface area contributed by atoms with Crippen molar-refractivity contribution in [1.82, 2.24) is 0 Å². The van der Waals surface area contributed by atoms with Gasteiger partial charge in [-0.15, -0.1) is 0 Å². The molecule has 1 heteroatoms. The Balaban J connectivity index is 0.000000213. The maximum Gasteiger partial charge on any atom is 0.150 e. The van der Waals surface area contributed by atoms with Crippen LogP contribution in [0.5, 0.6) is 0 Å². The van der Waals surface area contributed by atoms with Crippen molar-refractivity contribution in [2.75, 3.05) is 0 Å². The van der Waals surface area contributed by atoms with Gasteiger partial charge in [-0.2, -0.15) is 0 Å². The van der Waals surface area contributed by atoms with Gasteiger partial charge in [0.2, 0.25) is 0 Å². The van der Waals surface area contributed by atoms with Gasteiger partial charge in [-0.1, -0.05) is 125 Å². The lowest BCUT2D eigenvalue weighted by Crippen LogP contribution is -1.74. The first-order valence-corrected chi connectivity index (χ1v) is 10.9. The summed E-state index contributed by atoms with van der Waals surface area (Å²) in [5.74, 6) is 0. The second-order valence-corrected chi connectivity index (χ2v) is 7.93. The molecule has 0 saturated carbocycles. The van der Waals surface area contributed by atoms with Crippen LogP contribution in [-0.2, 0) is 0 Å². The third-order valence-corrected chi connectivity index (χ3v) is 4.75. The highest BCUT2D eigenvalue weighted by atomic mass is 16.1. The van der Waals surface area contributed by atoms with Crippen molar-refractivity contribution in [1.29, 1.82) is 0 Å². The molecule has 32 heavy (non-hydrogen) atoms. The summed E-state index contributed by atoms with van der Waals surface area (Å²) in [5.41, 5.74) is 8.80. The van der Waals surface area contributed by atoms with Crippen LogP contribution in [0.3, 0.4) is 0 Å². The van der Waals surface area contributed by atoms with E-state index < -0.39 is 0 Å². The summed E-state index contributed by atoms with van der Waals surface area (Å²) in [7, 11) is 0. The molecule has 0 aromatic heterocycles. The van der Waals surface area contributed by atoms with E-state index in [4.69, 9.17) is 0 Å². The number of aldehydes is 1. The van der Waals surface area contributed by atoms with Crippen molar-refractivity contribution in [2.45, 2.75) is 41.5 Å². The highest BCUT2D eigenvalue weighted by Gasteiger charge is 1.84. The van der Waals surface area contributed by atoms with E-state index in [1.807, 2.05) is 18.2 Å². The van der Waals surface area contributed by atoms with Crippen LogP contribution in [-0.4, -0.2) is 6.29 Å². The minimum atomic E-state index is 0.729. The smallest absolute Gasteiger partial charge is 0.150 e. The molecule has 0 unspecified atom stereocenters. The fourth-order valence-electron chi connectivity index (χ4n) is 2.64. The van der Waals surface area contributed by atoms with Crippen molar-refractivity contribution >= 4 is 6.29 Å². The Hall–Kier alpha value is -3.45. The Bertz CT molecular complexity index is 972. The van der Waals surface area contributed by atoms with Crippen LogP contribution in [0.2, 0.25) is 0 Å². The molecule has 4 aromatic carbocycles. The third kappa shape index (κ3) is 12.3. The van der Waals surface area contributed by atoms with Gasteiger partial charge in [0.25, 0.3) is 0 Å². The first kappa shape index (κ1) is 26.6. The number of carbonyl (C=O) groups excluding carboxylic acids is 1. The van der Waals surface area contributed by atoms with Crippen molar-refractivity contribution < 1.29 is 4.79 Å². The highest BCUT2D eigenvalue weighted by Crippen LogP contribution is 2.03. The molecule has 0 aliphatic heterocycles. The predicted molar refractivity (Wildman–Crippen MR) is 140 cm³/mol. The Morgan fingerprint density at radius 3 is 1.12 bits per heavy atom. The van der Waals surface area contributed by atoms with E-state index in [2.05, 4.69) is 114 Å². The van der Waals surface area contributed by atoms with Crippen LogP contribution in [0, 0.1) is 41.5 Å². The van der Waals surface area contributed by atoms with Crippen molar-refractivity contribution in [3.63, 3.8) is 0 Å². The molecule has 0 radical (unpaired) electrons. The summed E-state index contributed by atoms with van der Waals surface area (Å²) < 4.78 is 0. The van der Waals surface area contributed by atoms with Gasteiger partial charge in [-0.05, 0) is 52.7 Å². The summed E-state index contributed by atoms with van der Waals surface area (Å²) in [5, 5.41) is 0. The molecular weight excluding hydrogens is 388 g/mol. The number of benzene rings is 4. The van der Waals surface area contributed by atoms with Gasteiger partial charge in [-0.25, -0.2) is 0 Å². The molecule has 166 valence electrons. The van der Waals surface area contributed by atoms with Crippen molar-refractivity contribution in [3.05, 3.63) is 142 Å². The van der Waals surface area contributed by atoms with E-state index in [0.29, 0.717) is 0 Å². The molecule has 1 nitrogen and oxygen atoms in total. The van der Waals surface area contributed by atoms with Crippen LogP contribution in [0.1, 0.15) is 43.7 Å². The molecule has 0 spiro atoms. The van der Waals surface area contributed by atoms with E-state index in [1.54, 1.807) is 12.1 Å². The zero-order valence-corrected chi connectivity index (χ0v) is 20.3. The quantitative estimate of drug-likeness (QED) is 0.280. The third-order valence-electron chi connectivity index (χ3n) is 4.75. The molecule has 0 amide bonds. The van der Waals surface area contributed by atoms with E-state index in [-0.39, 0.29) is 0 Å². The van der Waals surface area contributed by atoms with E-state index in [9.17, 15) is 4.79 Å². The lowest BCUT2D eigenvalue weighted by Gasteiger charge is -1.93. The highest BCUT2D eigenvalue weighted by molar-refractivity contribution is 5.74. The molecule has 0 aliphatic rings. The van der Waals surface area contributed by atoms with Gasteiger partial charge >= 0.3 is 0 Å². The monoisotopic (exact) mass is 424 g/mol. The summed E-state index contributed by atoms with van der Waals surface area (Å²) in [6, 6.07) is 34.4. The van der Waals surface area contributed by atoms with E-state index in [1.165, 1.54) is 33.4 Å². The lowest BCUT2D eigenvalue weighted by atomic mass is 10.1. The molecule has 4 aromatic rings. The Kier molecular flexibility index (Phi) is 12.8. The van der Waals surface area contributed by atoms with Crippen LogP contribution in [0.25, 0.3) is 0 Å². The molecule has 0 bridgehead atoms. The Morgan fingerprint density at radius 1 is 0.438 bits per heavy atom. The minimum Gasteiger partial charge on any atom is -0.298 e. The summed E-state index contributed by atoms with van der Waals surface area (Å²) in [4.78, 5) is 10.0. The molecule has 4 rings (SSSR count). The predicted octanol–water partition coefficient (Wildman–Crippen LogP) is 8.41. The van der Waals surface area contributed by atoms with Gasteiger partial charge in [-0.3, -0.25) is 4.79 Å². The Morgan fingerprint density at radius 2 is 0.844 bits per heavy atom. The van der Waals surface area contributed by atoms with E-state index in [0.717, 1.165) is 11.8 Å². The average molecular weight is 425 g/mol. The zero-order valence-electron chi connectivity index (χ0n) is 20.3. The second kappa shape index (κ2) is 15.4. The number of hydrogen-bond donors (Lipinski definition) is 0. The molecular formula is C31H36O. The second-order valence-electron chi connectivity index (χ2n) is 7.93. The number of aryl methyl sites for hydroxylation is 6. The maximum atomic E-state index is 10.0. The lowest BCUT2D eigenvalue weighted by molar-refractivity contribution is 0.112. The molecule has 0 saturated heterocycles. The van der Waals surface area contributed by atoms with Gasteiger partial charge in [0.1, 0.15) is 6.29 Å². The van der Waals surface area contributed by atoms with E-state index >= 15 is 0 Å². The minimum absolute atomic E-state index is 0.729. The SMILES string of the molecule is Cc1ccc(C)cc1.Cc1cccc(C)c1.Cc1ccccc1C.O=Cc1ccccc1. The average Bonchev–Trinajstić information content (AvgIpc) is 2.79. The summed E-state index contributed by atoms with van der Waals surface area (Å²) in [6.45, 7) is 12.6. The summed E-state index contributed by atoms with van der Waals surface area (Å²) >= 11 is 0. The molecule has 0 N–H and O–H groups in total. The summed E-state index contributed by atoms with van der Waals surface area (Å²) in [6.07, 6.45) is 0.833. The van der Waals surface area contributed by atoms with Gasteiger partial charge in [0.05, 0.1) is 0 Å². The number of rotatable bonds is 1. The first-order chi connectivity index (χ1) is 15.3. The van der Waals surface area contributed by atoms with Gasteiger partial charge < -0.3 is 0 Å². The van der Waals surface area contributed by atoms with Crippen LogP contribution in [0.4, 0.5) is 0 Å². The van der Waals surface area contributed by atoms with Crippen molar-refractivity contribution in [3.8, 4) is 0 Å². The standard InChI is InChI=1S/3C8H10.C7H6O/c1-7-3-5-8(2)6-4-7;1-7-4-3-5-8(2)6-7;1-7-5-3-4-6-8(7)2;8-6-7-4-2-1-3-5-7/h3*3-6H,1-2H3;1-6H. The molecule has 0 atom stereocenters. The van der Waals surface area contributed by atoms with Gasteiger partial charge in [0.15, 0.2) is 0 Å². The maximum absolute atomic E-state index is 10.0. The fourth-order valence-corrected chi connectivity index (χ4v) is 2.64. The Labute approximate surface area is 194 Å². The normalized spacial score (nSPS) is 9.06. The number of carbonyl (C=O) groups is 1. The molecule has 0 heterocycles. The largest absolute Gasteiger partial charge is 0.298 e. The zero-order chi connectivity index (χ0) is 23.8. The molecule has 0 fully saturated rings. The number of hydrogen-bond acceptors (Lipinski definition) is 1.